The minimum Gasteiger partial charge on any atom is -0.302 e. The fourth-order valence-corrected chi connectivity index (χ4v) is 3.88. The molecular weight excluding hydrogens is 401 g/mol. The molecule has 0 N–H and O–H groups in total. The Morgan fingerprint density at radius 3 is 2.44 bits per heavy atom. The number of amides is 1. The highest BCUT2D eigenvalue weighted by molar-refractivity contribution is 8.00. The number of nitrogens with zero attached hydrogens (tertiary/aromatic N) is 4. The Kier molecular flexibility index (Phi) is 5.79. The van der Waals surface area contributed by atoms with E-state index in [4.69, 9.17) is 11.6 Å². The van der Waals surface area contributed by atoms with Crippen molar-refractivity contribution in [2.75, 3.05) is 12.0 Å². The smallest absolute Gasteiger partial charge is 0.302 e. The van der Waals surface area contributed by atoms with Gasteiger partial charge < -0.3 is 4.57 Å². The quantitative estimate of drug-likeness (QED) is 0.720. The van der Waals surface area contributed by atoms with Crippen molar-refractivity contribution in [3.63, 3.8) is 0 Å². The number of carbonyl (C=O) groups excluding carboxylic acids is 1. The van der Waals surface area contributed by atoms with Crippen LogP contribution < -0.4 is 0 Å². The summed E-state index contributed by atoms with van der Waals surface area (Å²) in [5.74, 6) is -2.22. The number of aromatic nitrogens is 3. The van der Waals surface area contributed by atoms with Crippen LogP contribution >= 0.6 is 23.4 Å². The fraction of sp³-hybridized carbons (Fsp3) is 0.308. The van der Waals surface area contributed by atoms with E-state index in [1.807, 2.05) is 0 Å². The summed E-state index contributed by atoms with van der Waals surface area (Å²) < 4.78 is 54.8. The van der Waals surface area contributed by atoms with E-state index in [1.165, 1.54) is 30.5 Å². The predicted molar refractivity (Wildman–Crippen MR) is 87.9 cm³/mol. The van der Waals surface area contributed by atoms with Crippen LogP contribution in [0.3, 0.4) is 0 Å². The van der Waals surface area contributed by atoms with Crippen LogP contribution in [0.15, 0.2) is 38.7 Å². The van der Waals surface area contributed by atoms with Crippen molar-refractivity contribution in [3.8, 4) is 0 Å². The second-order valence-corrected chi connectivity index (χ2v) is 8.53. The number of benzene rings is 1. The number of alkyl halides is 3. The number of halogens is 4. The van der Waals surface area contributed by atoms with Crippen LogP contribution in [0.4, 0.5) is 13.2 Å². The summed E-state index contributed by atoms with van der Waals surface area (Å²) in [6.45, 7) is 0. The molecule has 0 aliphatic heterocycles. The molecule has 25 heavy (non-hydrogen) atoms. The molecule has 0 radical (unpaired) electrons. The molecule has 1 atom stereocenters. The molecule has 0 aliphatic carbocycles. The lowest BCUT2D eigenvalue weighted by atomic mass is 10.4. The molecule has 2 aromatic rings. The lowest BCUT2D eigenvalue weighted by molar-refractivity contribution is -0.147. The summed E-state index contributed by atoms with van der Waals surface area (Å²) in [5, 5.41) is 6.80. The van der Waals surface area contributed by atoms with E-state index in [0.717, 1.165) is 23.4 Å². The van der Waals surface area contributed by atoms with Crippen LogP contribution in [0.2, 0.25) is 5.02 Å². The fourth-order valence-electron chi connectivity index (χ4n) is 1.77. The van der Waals surface area contributed by atoms with Gasteiger partial charge in [0.2, 0.25) is 5.82 Å². The SMILES string of the molecule is Cn1c(SCC(=O)N=S(C)(=O)c2ccc(Cl)cc2)nnc1C(F)(F)F. The molecule has 0 aliphatic rings. The van der Waals surface area contributed by atoms with Crippen molar-refractivity contribution >= 4 is 39.0 Å². The van der Waals surface area contributed by atoms with Crippen LogP contribution in [0, 0.1) is 0 Å². The lowest BCUT2D eigenvalue weighted by Crippen LogP contribution is -2.13. The highest BCUT2D eigenvalue weighted by Crippen LogP contribution is 2.29. The van der Waals surface area contributed by atoms with E-state index in [1.54, 1.807) is 0 Å². The Balaban J connectivity index is 2.12. The van der Waals surface area contributed by atoms with Crippen molar-refractivity contribution in [1.29, 1.82) is 0 Å². The molecule has 0 saturated carbocycles. The average Bonchev–Trinajstić information content (AvgIpc) is 2.86. The van der Waals surface area contributed by atoms with Crippen molar-refractivity contribution in [1.82, 2.24) is 14.8 Å². The third-order valence-corrected chi connectivity index (χ3v) is 5.90. The molecule has 0 bridgehead atoms. The van der Waals surface area contributed by atoms with Crippen LogP contribution in [0.5, 0.6) is 0 Å². The molecule has 0 spiro atoms. The number of hydrogen-bond donors (Lipinski definition) is 0. The largest absolute Gasteiger partial charge is 0.451 e. The Bertz CT molecular complexity index is 903. The van der Waals surface area contributed by atoms with E-state index >= 15 is 0 Å². The summed E-state index contributed by atoms with van der Waals surface area (Å²) >= 11 is 6.47. The zero-order valence-electron chi connectivity index (χ0n) is 13.0. The van der Waals surface area contributed by atoms with Gasteiger partial charge in [0.15, 0.2) is 5.16 Å². The molecule has 1 heterocycles. The predicted octanol–water partition coefficient (Wildman–Crippen LogP) is 3.26. The Morgan fingerprint density at radius 1 is 1.32 bits per heavy atom. The first-order valence-electron chi connectivity index (χ1n) is 6.60. The zero-order chi connectivity index (χ0) is 18.8. The van der Waals surface area contributed by atoms with Gasteiger partial charge in [-0.15, -0.1) is 10.2 Å². The first kappa shape index (κ1) is 19.7. The van der Waals surface area contributed by atoms with E-state index < -0.39 is 27.6 Å². The van der Waals surface area contributed by atoms with Crippen molar-refractivity contribution in [3.05, 3.63) is 35.1 Å². The van der Waals surface area contributed by atoms with Gasteiger partial charge in [0.25, 0.3) is 5.91 Å². The molecule has 1 unspecified atom stereocenters. The first-order valence-corrected chi connectivity index (χ1v) is 9.89. The number of hydrogen-bond acceptors (Lipinski definition) is 5. The number of thioether (sulfide) groups is 1. The van der Waals surface area contributed by atoms with Gasteiger partial charge in [-0.05, 0) is 24.3 Å². The molecule has 1 aromatic heterocycles. The minimum atomic E-state index is -4.64. The van der Waals surface area contributed by atoms with Gasteiger partial charge in [-0.25, -0.2) is 4.21 Å². The molecule has 0 saturated heterocycles. The molecule has 0 fully saturated rings. The second kappa shape index (κ2) is 7.34. The van der Waals surface area contributed by atoms with Gasteiger partial charge in [-0.2, -0.15) is 17.5 Å². The van der Waals surface area contributed by atoms with E-state index in [9.17, 15) is 22.2 Å². The van der Waals surface area contributed by atoms with Crippen LogP contribution in [0.1, 0.15) is 5.82 Å². The molecule has 12 heteroatoms. The van der Waals surface area contributed by atoms with Gasteiger partial charge in [0, 0.05) is 23.2 Å². The van der Waals surface area contributed by atoms with Gasteiger partial charge in [-0.1, -0.05) is 23.4 Å². The third kappa shape index (κ3) is 4.95. The molecule has 1 aromatic carbocycles. The molecule has 136 valence electrons. The monoisotopic (exact) mass is 412 g/mol. The third-order valence-electron chi connectivity index (χ3n) is 2.94. The zero-order valence-corrected chi connectivity index (χ0v) is 15.3. The molecular formula is C13H12ClF3N4O2S2. The maximum Gasteiger partial charge on any atom is 0.451 e. The number of rotatable bonds is 4. The Labute approximate surface area is 151 Å². The normalized spacial score (nSPS) is 14.2. The van der Waals surface area contributed by atoms with Gasteiger partial charge in [0.1, 0.15) is 0 Å². The van der Waals surface area contributed by atoms with Gasteiger partial charge in [-0.3, -0.25) is 4.79 Å². The summed E-state index contributed by atoms with van der Waals surface area (Å²) in [4.78, 5) is 12.2. The molecule has 1 amide bonds. The highest BCUT2D eigenvalue weighted by atomic mass is 35.5. The lowest BCUT2D eigenvalue weighted by Gasteiger charge is -2.06. The topological polar surface area (TPSA) is 77.2 Å². The summed E-state index contributed by atoms with van der Waals surface area (Å²) in [5.41, 5.74) is 0. The minimum absolute atomic E-state index is 0.0926. The van der Waals surface area contributed by atoms with Gasteiger partial charge >= 0.3 is 6.18 Å². The molecule has 6 nitrogen and oxygen atoms in total. The summed E-state index contributed by atoms with van der Waals surface area (Å²) in [6, 6.07) is 6.03. The summed E-state index contributed by atoms with van der Waals surface area (Å²) in [6.07, 6.45) is -3.34. The van der Waals surface area contributed by atoms with Crippen LogP contribution in [-0.2, 0) is 27.7 Å². The Morgan fingerprint density at radius 2 is 1.92 bits per heavy atom. The van der Waals surface area contributed by atoms with E-state index in [2.05, 4.69) is 14.6 Å². The van der Waals surface area contributed by atoms with Crippen molar-refractivity contribution in [2.24, 2.45) is 11.4 Å². The second-order valence-electron chi connectivity index (χ2n) is 4.89. The Hall–Kier alpha value is -1.59. The average molecular weight is 413 g/mol. The highest BCUT2D eigenvalue weighted by Gasteiger charge is 2.37. The summed E-state index contributed by atoms with van der Waals surface area (Å²) in [7, 11) is -1.84. The van der Waals surface area contributed by atoms with Crippen molar-refractivity contribution < 1.29 is 22.2 Å². The van der Waals surface area contributed by atoms with Crippen LogP contribution in [0.25, 0.3) is 0 Å². The van der Waals surface area contributed by atoms with E-state index in [0.29, 0.717) is 9.92 Å². The van der Waals surface area contributed by atoms with E-state index in [-0.39, 0.29) is 10.9 Å². The maximum absolute atomic E-state index is 12.6. The standard InChI is InChI=1S/C13H12ClF3N4O2S2/c1-21-11(13(15,16)17)18-19-12(21)24-7-10(22)20-25(2,23)9-5-3-8(14)4-6-9/h3-6H,7H2,1-2H3. The maximum atomic E-state index is 12.6. The molecule has 2 rings (SSSR count). The first-order chi connectivity index (χ1) is 11.5. The number of carbonyl (C=O) groups is 1. The van der Waals surface area contributed by atoms with Gasteiger partial charge in [0.05, 0.1) is 15.5 Å². The van der Waals surface area contributed by atoms with Crippen LogP contribution in [-0.4, -0.2) is 36.9 Å². The van der Waals surface area contributed by atoms with Crippen molar-refractivity contribution in [2.45, 2.75) is 16.2 Å².